The van der Waals surface area contributed by atoms with Crippen LogP contribution < -0.4 is 0 Å². The van der Waals surface area contributed by atoms with Gasteiger partial charge in [-0.3, -0.25) is 0 Å². The van der Waals surface area contributed by atoms with Crippen LogP contribution in [0.3, 0.4) is 0 Å². The van der Waals surface area contributed by atoms with Crippen molar-refractivity contribution in [2.45, 2.75) is 38.6 Å². The molecule has 13 heavy (non-hydrogen) atoms. The minimum Gasteiger partial charge on any atom is -0.396 e. The second-order valence-electron chi connectivity index (χ2n) is 2.93. The molecule has 4 heteroatoms. The summed E-state index contributed by atoms with van der Waals surface area (Å²) >= 11 is 0. The minimum atomic E-state index is -0.850. The van der Waals surface area contributed by atoms with Gasteiger partial charge in [-0.1, -0.05) is 13.8 Å². The second kappa shape index (κ2) is 6.32. The molecule has 4 unspecified atom stereocenters. The van der Waals surface area contributed by atoms with Crippen molar-refractivity contribution in [3.8, 4) is 0 Å². The van der Waals surface area contributed by atoms with E-state index in [1.54, 1.807) is 0 Å². The molecule has 3 N–H and O–H groups in total. The SMILES string of the molecule is CC.COC1CC(CO)C(O)C1O. The standard InChI is InChI=1S/C7H14O4.C2H6/c1-11-5-2-4(3-8)6(9)7(5)10;1-2/h4-10H,2-3H2,1H3;1-2H3. The minimum absolute atomic E-state index is 0.0991. The molecule has 1 fully saturated rings. The van der Waals surface area contributed by atoms with Gasteiger partial charge in [-0.15, -0.1) is 0 Å². The molecule has 4 nitrogen and oxygen atoms in total. The molecule has 0 radical (unpaired) electrons. The maximum absolute atomic E-state index is 9.27. The van der Waals surface area contributed by atoms with Gasteiger partial charge in [-0.25, -0.2) is 0 Å². The van der Waals surface area contributed by atoms with Crippen molar-refractivity contribution in [3.05, 3.63) is 0 Å². The molecule has 0 saturated heterocycles. The van der Waals surface area contributed by atoms with E-state index in [4.69, 9.17) is 9.84 Å². The van der Waals surface area contributed by atoms with Crippen LogP contribution in [-0.2, 0) is 4.74 Å². The van der Waals surface area contributed by atoms with Gasteiger partial charge in [-0.2, -0.15) is 0 Å². The molecule has 4 atom stereocenters. The number of rotatable bonds is 2. The van der Waals surface area contributed by atoms with E-state index in [0.717, 1.165) is 0 Å². The summed E-state index contributed by atoms with van der Waals surface area (Å²) in [6.45, 7) is 3.90. The first kappa shape index (κ1) is 12.8. The summed E-state index contributed by atoms with van der Waals surface area (Å²) in [6.07, 6.45) is -1.50. The summed E-state index contributed by atoms with van der Waals surface area (Å²) in [7, 11) is 1.49. The fourth-order valence-electron chi connectivity index (χ4n) is 1.49. The topological polar surface area (TPSA) is 69.9 Å². The zero-order valence-electron chi connectivity index (χ0n) is 8.47. The van der Waals surface area contributed by atoms with Crippen LogP contribution in [0.2, 0.25) is 0 Å². The summed E-state index contributed by atoms with van der Waals surface area (Å²) in [5, 5.41) is 27.3. The first-order chi connectivity index (χ1) is 6.20. The number of hydrogen-bond acceptors (Lipinski definition) is 4. The Morgan fingerprint density at radius 2 is 1.77 bits per heavy atom. The molecule has 0 aromatic rings. The van der Waals surface area contributed by atoms with Crippen LogP contribution in [-0.4, -0.2) is 47.3 Å². The van der Waals surface area contributed by atoms with Crippen molar-refractivity contribution in [3.63, 3.8) is 0 Å². The lowest BCUT2D eigenvalue weighted by Gasteiger charge is -2.14. The van der Waals surface area contributed by atoms with Crippen LogP contribution in [0.25, 0.3) is 0 Å². The number of methoxy groups -OCH3 is 1. The van der Waals surface area contributed by atoms with E-state index < -0.39 is 12.2 Å². The van der Waals surface area contributed by atoms with Gasteiger partial charge in [-0.05, 0) is 6.42 Å². The average molecular weight is 192 g/mol. The van der Waals surface area contributed by atoms with Crippen LogP contribution in [0.4, 0.5) is 0 Å². The number of aliphatic hydroxyl groups excluding tert-OH is 3. The van der Waals surface area contributed by atoms with Crippen molar-refractivity contribution >= 4 is 0 Å². The number of aliphatic hydroxyl groups is 3. The maximum atomic E-state index is 9.27. The van der Waals surface area contributed by atoms with E-state index in [-0.39, 0.29) is 18.6 Å². The van der Waals surface area contributed by atoms with E-state index in [0.29, 0.717) is 6.42 Å². The van der Waals surface area contributed by atoms with E-state index in [2.05, 4.69) is 0 Å². The van der Waals surface area contributed by atoms with E-state index in [1.807, 2.05) is 13.8 Å². The van der Waals surface area contributed by atoms with Crippen molar-refractivity contribution in [2.75, 3.05) is 13.7 Å². The molecule has 0 bridgehead atoms. The second-order valence-corrected chi connectivity index (χ2v) is 2.93. The third-order valence-electron chi connectivity index (χ3n) is 2.29. The van der Waals surface area contributed by atoms with E-state index in [9.17, 15) is 10.2 Å². The Hall–Kier alpha value is -0.160. The Kier molecular flexibility index (Phi) is 6.24. The summed E-state index contributed by atoms with van der Waals surface area (Å²) < 4.78 is 4.90. The lowest BCUT2D eigenvalue weighted by Crippen LogP contribution is -2.32. The van der Waals surface area contributed by atoms with Gasteiger partial charge in [0.05, 0.1) is 12.2 Å². The average Bonchev–Trinajstić information content (AvgIpc) is 2.47. The first-order valence-corrected chi connectivity index (χ1v) is 4.70. The van der Waals surface area contributed by atoms with Crippen LogP contribution in [0.5, 0.6) is 0 Å². The zero-order valence-corrected chi connectivity index (χ0v) is 8.47. The molecule has 0 aliphatic heterocycles. The lowest BCUT2D eigenvalue weighted by molar-refractivity contribution is -0.0440. The van der Waals surface area contributed by atoms with Crippen LogP contribution >= 0.6 is 0 Å². The first-order valence-electron chi connectivity index (χ1n) is 4.70. The van der Waals surface area contributed by atoms with Gasteiger partial charge in [0.25, 0.3) is 0 Å². The highest BCUT2D eigenvalue weighted by Gasteiger charge is 2.40. The molecule has 0 amide bonds. The summed E-state index contributed by atoms with van der Waals surface area (Å²) in [4.78, 5) is 0. The molecule has 0 aromatic carbocycles. The molecular weight excluding hydrogens is 172 g/mol. The van der Waals surface area contributed by atoms with Crippen LogP contribution in [0.15, 0.2) is 0 Å². The largest absolute Gasteiger partial charge is 0.396 e. The smallest absolute Gasteiger partial charge is 0.106 e. The van der Waals surface area contributed by atoms with Gasteiger partial charge in [0.1, 0.15) is 6.10 Å². The Morgan fingerprint density at radius 3 is 2.00 bits per heavy atom. The molecule has 1 aliphatic carbocycles. The van der Waals surface area contributed by atoms with Gasteiger partial charge in [0.15, 0.2) is 0 Å². The highest BCUT2D eigenvalue weighted by Crippen LogP contribution is 2.27. The molecule has 0 aromatic heterocycles. The van der Waals surface area contributed by atoms with Gasteiger partial charge in [0.2, 0.25) is 0 Å². The summed E-state index contributed by atoms with van der Waals surface area (Å²) in [6, 6.07) is 0. The van der Waals surface area contributed by atoms with Crippen molar-refractivity contribution < 1.29 is 20.1 Å². The molecule has 0 heterocycles. The molecule has 1 rings (SSSR count). The predicted octanol–water partition coefficient (Wildman–Crippen LogP) is -0.238. The third kappa shape index (κ3) is 2.91. The van der Waals surface area contributed by atoms with Crippen molar-refractivity contribution in [1.29, 1.82) is 0 Å². The molecule has 1 aliphatic rings. The van der Waals surface area contributed by atoms with Crippen molar-refractivity contribution in [2.24, 2.45) is 5.92 Å². The normalized spacial score (nSPS) is 38.3. The third-order valence-corrected chi connectivity index (χ3v) is 2.29. The van der Waals surface area contributed by atoms with Crippen molar-refractivity contribution in [1.82, 2.24) is 0 Å². The number of ether oxygens (including phenoxy) is 1. The molecular formula is C9H20O4. The fraction of sp³-hybridized carbons (Fsp3) is 1.00. The quantitative estimate of drug-likeness (QED) is 0.565. The Morgan fingerprint density at radius 1 is 1.23 bits per heavy atom. The van der Waals surface area contributed by atoms with Crippen LogP contribution in [0.1, 0.15) is 20.3 Å². The summed E-state index contributed by atoms with van der Waals surface area (Å²) in [5.41, 5.74) is 0. The Bertz CT molecular complexity index is 111. The predicted molar refractivity (Wildman–Crippen MR) is 49.4 cm³/mol. The summed E-state index contributed by atoms with van der Waals surface area (Å²) in [5.74, 6) is -0.241. The fourth-order valence-corrected chi connectivity index (χ4v) is 1.49. The monoisotopic (exact) mass is 192 g/mol. The highest BCUT2D eigenvalue weighted by molar-refractivity contribution is 4.91. The lowest BCUT2D eigenvalue weighted by atomic mass is 10.1. The maximum Gasteiger partial charge on any atom is 0.106 e. The van der Waals surface area contributed by atoms with Gasteiger partial charge < -0.3 is 20.1 Å². The van der Waals surface area contributed by atoms with Gasteiger partial charge >= 0.3 is 0 Å². The number of hydrogen-bond donors (Lipinski definition) is 3. The molecule has 0 spiro atoms. The highest BCUT2D eigenvalue weighted by atomic mass is 16.5. The molecule has 80 valence electrons. The van der Waals surface area contributed by atoms with E-state index in [1.165, 1.54) is 7.11 Å². The zero-order chi connectivity index (χ0) is 10.4. The van der Waals surface area contributed by atoms with Crippen LogP contribution in [0, 0.1) is 5.92 Å². The van der Waals surface area contributed by atoms with E-state index >= 15 is 0 Å². The van der Waals surface area contributed by atoms with Gasteiger partial charge in [0, 0.05) is 19.6 Å². The Balaban J connectivity index is 0.000000671. The molecule has 1 saturated carbocycles. The Labute approximate surface area is 79.2 Å².